The maximum atomic E-state index is 12.8. The number of carbonyl (C=O) groups is 1. The first-order valence-corrected chi connectivity index (χ1v) is 10.4. The van der Waals surface area contributed by atoms with Crippen LogP contribution < -0.4 is 14.8 Å². The Morgan fingerprint density at radius 1 is 0.966 bits per heavy atom. The zero-order valence-corrected chi connectivity index (χ0v) is 18.1. The van der Waals surface area contributed by atoms with Crippen molar-refractivity contribution in [3.8, 4) is 11.5 Å². The van der Waals surface area contributed by atoms with Crippen molar-refractivity contribution in [3.05, 3.63) is 82.4 Å². The molecule has 4 nitrogen and oxygen atoms in total. The lowest BCUT2D eigenvalue weighted by atomic mass is 10.1. The molecule has 0 heterocycles. The molecule has 3 aromatic rings. The molecule has 0 aliphatic rings. The van der Waals surface area contributed by atoms with Crippen LogP contribution in [0.2, 0.25) is 5.02 Å². The number of hydrogen-bond donors (Lipinski definition) is 1. The van der Waals surface area contributed by atoms with Crippen LogP contribution in [0.1, 0.15) is 21.5 Å². The summed E-state index contributed by atoms with van der Waals surface area (Å²) in [6.07, 6.45) is 0. The molecule has 6 heteroatoms. The van der Waals surface area contributed by atoms with Crippen molar-refractivity contribution < 1.29 is 14.3 Å². The predicted octanol–water partition coefficient (Wildman–Crippen LogP) is 6.21. The van der Waals surface area contributed by atoms with Gasteiger partial charge in [-0.3, -0.25) is 4.79 Å². The summed E-state index contributed by atoms with van der Waals surface area (Å²) >= 11 is 7.60. The number of thioether (sulfide) groups is 1. The van der Waals surface area contributed by atoms with Gasteiger partial charge in [-0.05, 0) is 67.1 Å². The Hall–Kier alpha value is -2.63. The Kier molecular flexibility index (Phi) is 7.07. The lowest BCUT2D eigenvalue weighted by Gasteiger charge is -2.13. The van der Waals surface area contributed by atoms with E-state index in [2.05, 4.69) is 5.32 Å². The van der Waals surface area contributed by atoms with Crippen LogP contribution in [-0.4, -0.2) is 20.1 Å². The quantitative estimate of drug-likeness (QED) is 0.455. The topological polar surface area (TPSA) is 47.6 Å². The average Bonchev–Trinajstić information content (AvgIpc) is 2.73. The molecule has 0 aliphatic heterocycles. The number of aryl methyl sites for hydroxylation is 1. The molecular formula is C23H22ClNO3S. The monoisotopic (exact) mass is 427 g/mol. The van der Waals surface area contributed by atoms with Crippen molar-refractivity contribution in [2.45, 2.75) is 17.6 Å². The first-order valence-electron chi connectivity index (χ1n) is 9.01. The Morgan fingerprint density at radius 2 is 1.66 bits per heavy atom. The first-order chi connectivity index (χ1) is 14.0. The van der Waals surface area contributed by atoms with Crippen LogP contribution in [0.3, 0.4) is 0 Å². The SMILES string of the molecule is COc1ccc(C(=O)Nc2cc(C)ccc2OC)cc1CSc1ccc(Cl)cc1. The molecule has 3 rings (SSSR count). The van der Waals surface area contributed by atoms with Gasteiger partial charge in [0.25, 0.3) is 5.91 Å². The third-order valence-corrected chi connectivity index (χ3v) is 5.67. The highest BCUT2D eigenvalue weighted by Gasteiger charge is 2.13. The van der Waals surface area contributed by atoms with Gasteiger partial charge in [0.1, 0.15) is 11.5 Å². The van der Waals surface area contributed by atoms with Crippen molar-refractivity contribution in [1.82, 2.24) is 0 Å². The first kappa shape index (κ1) is 21.1. The minimum absolute atomic E-state index is 0.200. The van der Waals surface area contributed by atoms with E-state index in [-0.39, 0.29) is 5.91 Å². The number of hydrogen-bond acceptors (Lipinski definition) is 4. The fourth-order valence-corrected chi connectivity index (χ4v) is 3.84. The van der Waals surface area contributed by atoms with E-state index in [9.17, 15) is 4.79 Å². The Labute approximate surface area is 180 Å². The summed E-state index contributed by atoms with van der Waals surface area (Å²) in [7, 11) is 3.21. The van der Waals surface area contributed by atoms with Crippen molar-refractivity contribution >= 4 is 35.0 Å². The number of benzene rings is 3. The molecule has 0 unspecified atom stereocenters. The number of halogens is 1. The minimum atomic E-state index is -0.200. The second kappa shape index (κ2) is 9.72. The highest BCUT2D eigenvalue weighted by atomic mass is 35.5. The van der Waals surface area contributed by atoms with Gasteiger partial charge in [-0.25, -0.2) is 0 Å². The predicted molar refractivity (Wildman–Crippen MR) is 120 cm³/mol. The molecule has 3 aromatic carbocycles. The lowest BCUT2D eigenvalue weighted by Crippen LogP contribution is -2.13. The van der Waals surface area contributed by atoms with Crippen molar-refractivity contribution in [1.29, 1.82) is 0 Å². The van der Waals surface area contributed by atoms with Crippen LogP contribution in [0.15, 0.2) is 65.6 Å². The normalized spacial score (nSPS) is 10.5. The molecule has 0 saturated carbocycles. The van der Waals surface area contributed by atoms with Gasteiger partial charge >= 0.3 is 0 Å². The van der Waals surface area contributed by atoms with Crippen LogP contribution in [0.5, 0.6) is 11.5 Å². The Balaban J connectivity index is 1.79. The summed E-state index contributed by atoms with van der Waals surface area (Å²) in [6.45, 7) is 1.97. The van der Waals surface area contributed by atoms with Gasteiger partial charge in [0, 0.05) is 26.8 Å². The molecular weight excluding hydrogens is 406 g/mol. The van der Waals surface area contributed by atoms with Gasteiger partial charge in [0.15, 0.2) is 0 Å². The molecule has 29 heavy (non-hydrogen) atoms. The third-order valence-electron chi connectivity index (χ3n) is 4.35. The summed E-state index contributed by atoms with van der Waals surface area (Å²) in [5, 5.41) is 3.64. The lowest BCUT2D eigenvalue weighted by molar-refractivity contribution is 0.102. The number of anilines is 1. The molecule has 150 valence electrons. The van der Waals surface area contributed by atoms with Crippen LogP contribution in [0.25, 0.3) is 0 Å². The fraction of sp³-hybridized carbons (Fsp3) is 0.174. The van der Waals surface area contributed by atoms with E-state index in [1.165, 1.54) is 0 Å². The number of carbonyl (C=O) groups excluding carboxylic acids is 1. The van der Waals surface area contributed by atoms with Gasteiger partial charge in [-0.1, -0.05) is 17.7 Å². The van der Waals surface area contributed by atoms with E-state index in [0.717, 1.165) is 21.8 Å². The van der Waals surface area contributed by atoms with Crippen LogP contribution in [0, 0.1) is 6.92 Å². The summed E-state index contributed by atoms with van der Waals surface area (Å²) in [5.74, 6) is 1.83. The minimum Gasteiger partial charge on any atom is -0.496 e. The molecule has 0 aliphatic carbocycles. The standard InChI is InChI=1S/C23H22ClNO3S/c1-15-4-10-22(28-3)20(12-15)25-23(26)16-5-11-21(27-2)17(13-16)14-29-19-8-6-18(24)7-9-19/h4-13H,14H2,1-3H3,(H,25,26). The average molecular weight is 428 g/mol. The van der Waals surface area contributed by atoms with Crippen molar-refractivity contribution in [2.75, 3.05) is 19.5 Å². The van der Waals surface area contributed by atoms with Crippen LogP contribution >= 0.6 is 23.4 Å². The Bertz CT molecular complexity index is 1010. The number of amides is 1. The van der Waals surface area contributed by atoms with E-state index < -0.39 is 0 Å². The molecule has 1 amide bonds. The molecule has 0 atom stereocenters. The van der Waals surface area contributed by atoms with E-state index >= 15 is 0 Å². The van der Waals surface area contributed by atoms with Gasteiger partial charge in [0.05, 0.1) is 19.9 Å². The highest BCUT2D eigenvalue weighted by molar-refractivity contribution is 7.98. The highest BCUT2D eigenvalue weighted by Crippen LogP contribution is 2.30. The van der Waals surface area contributed by atoms with E-state index in [1.807, 2.05) is 61.5 Å². The summed E-state index contributed by atoms with van der Waals surface area (Å²) in [6, 6.07) is 18.8. The maximum absolute atomic E-state index is 12.8. The maximum Gasteiger partial charge on any atom is 0.255 e. The third kappa shape index (κ3) is 5.46. The zero-order valence-electron chi connectivity index (χ0n) is 16.5. The zero-order chi connectivity index (χ0) is 20.8. The van der Waals surface area contributed by atoms with Crippen molar-refractivity contribution in [2.24, 2.45) is 0 Å². The van der Waals surface area contributed by atoms with E-state index in [0.29, 0.717) is 27.8 Å². The molecule has 1 N–H and O–H groups in total. The summed E-state index contributed by atoms with van der Waals surface area (Å²) < 4.78 is 10.8. The van der Waals surface area contributed by atoms with Gasteiger partial charge in [-0.15, -0.1) is 11.8 Å². The molecule has 0 radical (unpaired) electrons. The van der Waals surface area contributed by atoms with Crippen LogP contribution in [-0.2, 0) is 5.75 Å². The van der Waals surface area contributed by atoms with Crippen molar-refractivity contribution in [3.63, 3.8) is 0 Å². The second-order valence-electron chi connectivity index (χ2n) is 6.43. The van der Waals surface area contributed by atoms with Crippen LogP contribution in [0.4, 0.5) is 5.69 Å². The number of methoxy groups -OCH3 is 2. The summed E-state index contributed by atoms with van der Waals surface area (Å²) in [4.78, 5) is 13.9. The fourth-order valence-electron chi connectivity index (χ4n) is 2.84. The second-order valence-corrected chi connectivity index (χ2v) is 7.91. The smallest absolute Gasteiger partial charge is 0.255 e. The summed E-state index contributed by atoms with van der Waals surface area (Å²) in [5.41, 5.74) is 3.18. The van der Waals surface area contributed by atoms with Gasteiger partial charge in [-0.2, -0.15) is 0 Å². The van der Waals surface area contributed by atoms with E-state index in [4.69, 9.17) is 21.1 Å². The number of ether oxygens (including phenoxy) is 2. The molecule has 0 fully saturated rings. The largest absolute Gasteiger partial charge is 0.496 e. The molecule has 0 bridgehead atoms. The molecule has 0 spiro atoms. The van der Waals surface area contributed by atoms with E-state index in [1.54, 1.807) is 32.0 Å². The Morgan fingerprint density at radius 3 is 2.34 bits per heavy atom. The van der Waals surface area contributed by atoms with Gasteiger partial charge < -0.3 is 14.8 Å². The number of rotatable bonds is 7. The van der Waals surface area contributed by atoms with Gasteiger partial charge in [0.2, 0.25) is 0 Å². The number of nitrogens with one attached hydrogen (secondary N) is 1. The molecule has 0 saturated heterocycles. The molecule has 0 aromatic heterocycles.